The lowest BCUT2D eigenvalue weighted by molar-refractivity contribution is -0.130. The lowest BCUT2D eigenvalue weighted by Gasteiger charge is -2.20. The maximum Gasteiger partial charge on any atom is 0.333 e. The van der Waals surface area contributed by atoms with Crippen LogP contribution in [0.2, 0.25) is 0 Å². The van der Waals surface area contributed by atoms with Crippen LogP contribution in [0.15, 0.2) is 43.4 Å². The molecule has 136 valence electrons. The Balaban J connectivity index is 2.12. The monoisotopic (exact) mass is 420 g/mol. The number of carbonyl (C=O) groups is 1. The third kappa shape index (κ3) is 2.88. The van der Waals surface area contributed by atoms with Crippen molar-refractivity contribution in [3.05, 3.63) is 60.7 Å². The Labute approximate surface area is 157 Å². The molecule has 26 heavy (non-hydrogen) atoms. The van der Waals surface area contributed by atoms with Crippen LogP contribution in [-0.2, 0) is 18.9 Å². The van der Waals surface area contributed by atoms with Gasteiger partial charge in [0.15, 0.2) is 0 Å². The molecule has 9 heteroatoms. The van der Waals surface area contributed by atoms with E-state index in [1.807, 2.05) is 24.3 Å². The van der Waals surface area contributed by atoms with Gasteiger partial charge in [0.1, 0.15) is 5.56 Å². The summed E-state index contributed by atoms with van der Waals surface area (Å²) in [6, 6.07) is 7.05. The predicted molar refractivity (Wildman–Crippen MR) is 99.1 cm³/mol. The molecule has 0 fully saturated rings. The van der Waals surface area contributed by atoms with Gasteiger partial charge in [-0.1, -0.05) is 28.1 Å². The predicted octanol–water partition coefficient (Wildman–Crippen LogP) is 1.25. The first-order valence-corrected chi connectivity index (χ1v) is 8.63. The smallest absolute Gasteiger partial charge is 0.333 e. The number of benzene rings is 1. The van der Waals surface area contributed by atoms with Gasteiger partial charge in [-0.25, -0.2) is 9.80 Å². The van der Waals surface area contributed by atoms with Crippen LogP contribution < -0.4 is 11.2 Å². The van der Waals surface area contributed by atoms with Gasteiger partial charge in [0.05, 0.1) is 11.8 Å². The topological polar surface area (TPSA) is 96.9 Å². The molecule has 1 aliphatic heterocycles. The molecule has 0 saturated heterocycles. The standard InChI is InChI=1S/C17H17BrN4O4/c1-9(23)22-13(10-4-6-11(18)7-5-10)8-12(19-22)14-15(24)20(2)17(26)21(3)16(14)25/h4-7,13,24H,8H2,1-3H3. The van der Waals surface area contributed by atoms with Gasteiger partial charge in [-0.05, 0) is 17.7 Å². The van der Waals surface area contributed by atoms with Crippen molar-refractivity contribution in [3.8, 4) is 5.88 Å². The van der Waals surface area contributed by atoms with Crippen molar-refractivity contribution in [2.45, 2.75) is 19.4 Å². The summed E-state index contributed by atoms with van der Waals surface area (Å²) < 4.78 is 2.78. The molecule has 0 spiro atoms. The van der Waals surface area contributed by atoms with Gasteiger partial charge in [0, 0.05) is 31.9 Å². The molecule has 1 atom stereocenters. The molecule has 1 aromatic heterocycles. The number of hydrazone groups is 1. The molecule has 1 amide bonds. The molecule has 0 radical (unpaired) electrons. The van der Waals surface area contributed by atoms with E-state index < -0.39 is 23.2 Å². The fourth-order valence-corrected chi connectivity index (χ4v) is 3.25. The molecular weight excluding hydrogens is 404 g/mol. The zero-order chi connectivity index (χ0) is 19.2. The maximum absolute atomic E-state index is 12.5. The number of hydrogen-bond donors (Lipinski definition) is 1. The van der Waals surface area contributed by atoms with Crippen LogP contribution in [-0.4, -0.2) is 30.9 Å². The van der Waals surface area contributed by atoms with Gasteiger partial charge >= 0.3 is 5.69 Å². The summed E-state index contributed by atoms with van der Waals surface area (Å²) in [5.41, 5.74) is -0.238. The molecule has 1 N–H and O–H groups in total. The second kappa shape index (κ2) is 6.56. The molecule has 3 rings (SSSR count). The van der Waals surface area contributed by atoms with Crippen molar-refractivity contribution in [3.63, 3.8) is 0 Å². The van der Waals surface area contributed by atoms with Gasteiger partial charge < -0.3 is 5.11 Å². The molecule has 0 saturated carbocycles. The van der Waals surface area contributed by atoms with Gasteiger partial charge in [-0.15, -0.1) is 0 Å². The SMILES string of the molecule is CC(=O)N1N=C(c2c(O)n(C)c(=O)n(C)c2=O)CC1c1ccc(Br)cc1. The van der Waals surface area contributed by atoms with E-state index in [0.29, 0.717) is 0 Å². The average Bonchev–Trinajstić information content (AvgIpc) is 3.04. The summed E-state index contributed by atoms with van der Waals surface area (Å²) in [7, 11) is 2.70. The first kappa shape index (κ1) is 18.1. The minimum atomic E-state index is -0.649. The second-order valence-corrected chi connectivity index (χ2v) is 7.00. The molecule has 2 heterocycles. The molecular formula is C17H17BrN4O4. The Morgan fingerprint density at radius 1 is 1.19 bits per heavy atom. The number of rotatable bonds is 2. The summed E-state index contributed by atoms with van der Waals surface area (Å²) in [6.07, 6.45) is 0.252. The highest BCUT2D eigenvalue weighted by atomic mass is 79.9. The highest BCUT2D eigenvalue weighted by Crippen LogP contribution is 2.33. The largest absolute Gasteiger partial charge is 0.494 e. The van der Waals surface area contributed by atoms with Crippen molar-refractivity contribution in [2.75, 3.05) is 0 Å². The normalized spacial score (nSPS) is 16.7. The number of hydrogen-bond acceptors (Lipinski definition) is 5. The first-order valence-electron chi connectivity index (χ1n) is 7.84. The van der Waals surface area contributed by atoms with E-state index in [1.165, 1.54) is 26.0 Å². The van der Waals surface area contributed by atoms with E-state index in [2.05, 4.69) is 21.0 Å². The van der Waals surface area contributed by atoms with Crippen molar-refractivity contribution in [1.82, 2.24) is 14.1 Å². The van der Waals surface area contributed by atoms with Crippen molar-refractivity contribution >= 4 is 27.5 Å². The lowest BCUT2D eigenvalue weighted by Crippen LogP contribution is -2.39. The van der Waals surface area contributed by atoms with Crippen LogP contribution in [0.3, 0.4) is 0 Å². The van der Waals surface area contributed by atoms with Crippen LogP contribution in [0, 0.1) is 0 Å². The lowest BCUT2D eigenvalue weighted by atomic mass is 9.99. The van der Waals surface area contributed by atoms with Crippen molar-refractivity contribution in [1.29, 1.82) is 0 Å². The Morgan fingerprint density at radius 2 is 1.81 bits per heavy atom. The van der Waals surface area contributed by atoms with E-state index in [0.717, 1.165) is 19.2 Å². The molecule has 0 aliphatic carbocycles. The summed E-state index contributed by atoms with van der Waals surface area (Å²) in [5, 5.41) is 15.9. The third-order valence-corrected chi connectivity index (χ3v) is 4.94. The first-order chi connectivity index (χ1) is 12.2. The second-order valence-electron chi connectivity index (χ2n) is 6.09. The van der Waals surface area contributed by atoms with Crippen LogP contribution in [0.5, 0.6) is 5.88 Å². The summed E-state index contributed by atoms with van der Waals surface area (Å²) in [6.45, 7) is 1.39. The van der Waals surface area contributed by atoms with Gasteiger partial charge in [-0.3, -0.25) is 18.7 Å². The van der Waals surface area contributed by atoms with E-state index in [1.54, 1.807) is 0 Å². The molecule has 2 aromatic rings. The quantitative estimate of drug-likeness (QED) is 0.790. The molecule has 1 aliphatic rings. The van der Waals surface area contributed by atoms with E-state index in [4.69, 9.17) is 0 Å². The van der Waals surface area contributed by atoms with Crippen LogP contribution in [0.25, 0.3) is 0 Å². The van der Waals surface area contributed by atoms with Crippen molar-refractivity contribution < 1.29 is 9.90 Å². The summed E-state index contributed by atoms with van der Waals surface area (Å²) in [5.74, 6) is -0.745. The number of amides is 1. The fraction of sp³-hybridized carbons (Fsp3) is 0.294. The highest BCUT2D eigenvalue weighted by Gasteiger charge is 2.34. The third-order valence-electron chi connectivity index (χ3n) is 4.41. The zero-order valence-corrected chi connectivity index (χ0v) is 16.0. The minimum absolute atomic E-state index is 0.0690. The average molecular weight is 421 g/mol. The number of nitrogens with zero attached hydrogens (tertiary/aromatic N) is 4. The Hall–Kier alpha value is -2.68. The van der Waals surface area contributed by atoms with E-state index >= 15 is 0 Å². The molecule has 1 unspecified atom stereocenters. The fourth-order valence-electron chi connectivity index (χ4n) is 2.98. The van der Waals surface area contributed by atoms with Gasteiger partial charge in [0.2, 0.25) is 11.8 Å². The van der Waals surface area contributed by atoms with Gasteiger partial charge in [-0.2, -0.15) is 5.10 Å². The summed E-state index contributed by atoms with van der Waals surface area (Å²) >= 11 is 3.37. The number of aromatic hydroxyl groups is 1. The molecule has 8 nitrogen and oxygen atoms in total. The van der Waals surface area contributed by atoms with Gasteiger partial charge in [0.25, 0.3) is 5.56 Å². The minimum Gasteiger partial charge on any atom is -0.494 e. The zero-order valence-electron chi connectivity index (χ0n) is 14.4. The highest BCUT2D eigenvalue weighted by molar-refractivity contribution is 9.10. The van der Waals surface area contributed by atoms with E-state index in [-0.39, 0.29) is 23.6 Å². The molecule has 1 aromatic carbocycles. The Morgan fingerprint density at radius 3 is 2.38 bits per heavy atom. The van der Waals surface area contributed by atoms with Crippen LogP contribution in [0.1, 0.15) is 30.5 Å². The van der Waals surface area contributed by atoms with E-state index in [9.17, 15) is 19.5 Å². The number of halogens is 1. The summed E-state index contributed by atoms with van der Waals surface area (Å²) in [4.78, 5) is 36.5. The Bertz CT molecular complexity index is 1040. The van der Waals surface area contributed by atoms with Crippen LogP contribution in [0.4, 0.5) is 0 Å². The van der Waals surface area contributed by atoms with Crippen LogP contribution >= 0.6 is 15.9 Å². The number of carbonyl (C=O) groups excluding carboxylic acids is 1. The maximum atomic E-state index is 12.5. The number of aromatic nitrogens is 2. The molecule has 0 bridgehead atoms. The Kier molecular flexibility index (Phi) is 4.57. The van der Waals surface area contributed by atoms with Crippen molar-refractivity contribution in [2.24, 2.45) is 19.2 Å².